The molecule has 33 heavy (non-hydrogen) atoms. The van der Waals surface area contributed by atoms with Gasteiger partial charge in [-0.2, -0.15) is 0 Å². The monoisotopic (exact) mass is 454 g/mol. The van der Waals surface area contributed by atoms with E-state index in [1.165, 1.54) is 0 Å². The van der Waals surface area contributed by atoms with Gasteiger partial charge in [0.05, 0.1) is 30.7 Å². The average Bonchev–Trinajstić information content (AvgIpc) is 3.09. The topological polar surface area (TPSA) is 98.8 Å². The molecule has 1 amide bonds. The van der Waals surface area contributed by atoms with Crippen molar-refractivity contribution >= 4 is 33.7 Å². The number of carbonyl (C=O) groups is 2. The molecule has 8 heteroatoms. The fourth-order valence-corrected chi connectivity index (χ4v) is 4.14. The summed E-state index contributed by atoms with van der Waals surface area (Å²) in [5, 5.41) is 1.76. The predicted molar refractivity (Wildman–Crippen MR) is 130 cm³/mol. The molecule has 0 fully saturated rings. The van der Waals surface area contributed by atoms with Crippen molar-refractivity contribution in [1.82, 2.24) is 14.9 Å². The van der Waals surface area contributed by atoms with Crippen LogP contribution < -0.4 is 16.0 Å². The number of aryl methyl sites for hydroxylation is 2. The number of esters is 1. The van der Waals surface area contributed by atoms with E-state index in [0.717, 1.165) is 53.2 Å². The van der Waals surface area contributed by atoms with Gasteiger partial charge < -0.3 is 18.9 Å². The Morgan fingerprint density at radius 2 is 1.97 bits per heavy atom. The Kier molecular flexibility index (Phi) is 8.30. The largest absolute Gasteiger partial charge is 0.493 e. The van der Waals surface area contributed by atoms with Crippen molar-refractivity contribution in [3.05, 3.63) is 41.5 Å². The summed E-state index contributed by atoms with van der Waals surface area (Å²) in [5.41, 5.74) is 5.91. The second kappa shape index (κ2) is 11.2. The molecule has 2 aromatic carbocycles. The highest BCUT2D eigenvalue weighted by Crippen LogP contribution is 2.36. The number of nitrogen functional groups attached to an aromatic ring is 1. The number of amides is 1. The van der Waals surface area contributed by atoms with Crippen LogP contribution in [-0.2, 0) is 23.0 Å². The van der Waals surface area contributed by atoms with Gasteiger partial charge in [0, 0.05) is 23.3 Å². The Hall–Kier alpha value is -3.10. The van der Waals surface area contributed by atoms with Crippen molar-refractivity contribution in [2.75, 3.05) is 33.9 Å². The maximum atomic E-state index is 12.5. The number of hydrogen-bond donors (Lipinski definition) is 2. The van der Waals surface area contributed by atoms with Gasteiger partial charge in [0.2, 0.25) is 0 Å². The van der Waals surface area contributed by atoms with E-state index in [1.54, 1.807) is 6.07 Å². The number of hydrogen-bond acceptors (Lipinski definition) is 6. The van der Waals surface area contributed by atoms with Gasteiger partial charge in [0.15, 0.2) is 0 Å². The number of aromatic nitrogens is 1. The van der Waals surface area contributed by atoms with Crippen LogP contribution in [0.15, 0.2) is 30.3 Å². The molecule has 1 aromatic heterocycles. The number of fused-ring (bicyclic) bond motifs is 3. The third-order valence-corrected chi connectivity index (χ3v) is 5.64. The molecular formula is C25H34N4O4. The van der Waals surface area contributed by atoms with E-state index in [4.69, 9.17) is 15.3 Å². The summed E-state index contributed by atoms with van der Waals surface area (Å²) in [7, 11) is 6.12. The number of carbonyl (C=O) groups excluding carboxylic acids is 2. The first-order chi connectivity index (χ1) is 15.9. The van der Waals surface area contributed by atoms with Crippen LogP contribution >= 0.6 is 0 Å². The van der Waals surface area contributed by atoms with Gasteiger partial charge in [-0.3, -0.25) is 15.0 Å². The molecule has 0 saturated carbocycles. The predicted octanol–water partition coefficient (Wildman–Crippen LogP) is 3.15. The normalized spacial score (nSPS) is 11.3. The van der Waals surface area contributed by atoms with Crippen molar-refractivity contribution in [3.8, 4) is 5.75 Å². The van der Waals surface area contributed by atoms with Gasteiger partial charge in [-0.1, -0.05) is 13.0 Å². The Morgan fingerprint density at radius 1 is 1.18 bits per heavy atom. The second-order valence-corrected chi connectivity index (χ2v) is 8.44. The zero-order chi connectivity index (χ0) is 24.0. The Morgan fingerprint density at radius 3 is 2.67 bits per heavy atom. The molecule has 0 spiro atoms. The van der Waals surface area contributed by atoms with E-state index in [-0.39, 0.29) is 24.9 Å². The zero-order valence-electron chi connectivity index (χ0n) is 19.9. The minimum Gasteiger partial charge on any atom is -0.493 e. The molecule has 0 bridgehead atoms. The third kappa shape index (κ3) is 5.64. The average molecular weight is 455 g/mol. The van der Waals surface area contributed by atoms with Crippen LogP contribution in [0.25, 0.3) is 21.8 Å². The number of hydrazine groups is 1. The molecule has 0 radical (unpaired) electrons. The molecule has 3 aromatic rings. The number of benzene rings is 2. The quantitative estimate of drug-likeness (QED) is 0.200. The Balaban J connectivity index is 2.03. The van der Waals surface area contributed by atoms with Gasteiger partial charge in [-0.05, 0) is 69.7 Å². The molecule has 0 aliphatic rings. The van der Waals surface area contributed by atoms with E-state index < -0.39 is 0 Å². The molecule has 0 aliphatic carbocycles. The molecule has 178 valence electrons. The molecule has 0 aliphatic heterocycles. The van der Waals surface area contributed by atoms with Crippen molar-refractivity contribution in [2.45, 2.75) is 32.6 Å². The summed E-state index contributed by atoms with van der Waals surface area (Å²) in [5.74, 6) is 5.51. The van der Waals surface area contributed by atoms with Crippen LogP contribution in [0.4, 0.5) is 0 Å². The zero-order valence-corrected chi connectivity index (χ0v) is 19.9. The van der Waals surface area contributed by atoms with Gasteiger partial charge in [-0.15, -0.1) is 0 Å². The van der Waals surface area contributed by atoms with Crippen LogP contribution in [0.1, 0.15) is 42.1 Å². The first-order valence-corrected chi connectivity index (χ1v) is 11.4. The molecule has 3 rings (SSSR count). The molecule has 8 nitrogen and oxygen atoms in total. The Labute approximate surface area is 194 Å². The molecular weight excluding hydrogens is 420 g/mol. The van der Waals surface area contributed by atoms with Gasteiger partial charge in [0.1, 0.15) is 5.75 Å². The molecule has 0 atom stereocenters. The smallest absolute Gasteiger partial charge is 0.309 e. The van der Waals surface area contributed by atoms with Gasteiger partial charge >= 0.3 is 5.97 Å². The summed E-state index contributed by atoms with van der Waals surface area (Å²) in [6.45, 7) is 3.57. The Bertz CT molecular complexity index is 1140. The van der Waals surface area contributed by atoms with Crippen molar-refractivity contribution in [3.63, 3.8) is 0 Å². The summed E-state index contributed by atoms with van der Waals surface area (Å²) < 4.78 is 13.2. The fraction of sp³-hybridized carbons (Fsp3) is 0.440. The van der Waals surface area contributed by atoms with Gasteiger partial charge in [-0.25, -0.2) is 5.84 Å². The van der Waals surface area contributed by atoms with E-state index in [9.17, 15) is 9.59 Å². The molecule has 0 saturated heterocycles. The fourth-order valence-electron chi connectivity index (χ4n) is 4.14. The van der Waals surface area contributed by atoms with Crippen LogP contribution in [-0.4, -0.2) is 55.2 Å². The van der Waals surface area contributed by atoms with Crippen molar-refractivity contribution in [2.24, 2.45) is 12.9 Å². The molecule has 1 heterocycles. The van der Waals surface area contributed by atoms with Crippen LogP contribution in [0, 0.1) is 0 Å². The highest BCUT2D eigenvalue weighted by molar-refractivity contribution is 6.18. The lowest BCUT2D eigenvalue weighted by atomic mass is 10.0. The van der Waals surface area contributed by atoms with E-state index in [1.807, 2.05) is 38.2 Å². The first kappa shape index (κ1) is 24.5. The highest BCUT2D eigenvalue weighted by atomic mass is 16.5. The third-order valence-electron chi connectivity index (χ3n) is 5.64. The second-order valence-electron chi connectivity index (χ2n) is 8.44. The van der Waals surface area contributed by atoms with E-state index in [0.29, 0.717) is 17.9 Å². The number of nitrogens with one attached hydrogen (secondary N) is 1. The number of nitrogens with two attached hydrogens (primary N) is 1. The van der Waals surface area contributed by atoms with Crippen LogP contribution in [0.5, 0.6) is 5.75 Å². The van der Waals surface area contributed by atoms with Crippen LogP contribution in [0.3, 0.4) is 0 Å². The lowest BCUT2D eigenvalue weighted by Gasteiger charge is -2.13. The minimum atomic E-state index is -0.341. The maximum absolute atomic E-state index is 12.5. The standard InChI is InChI=1S/C25H34N4O4/c1-5-13-33-22(30)11-14-32-18-15-17(8-7-12-28(2)3)24-20(16-18)23-19(25(31)27-26)9-6-10-21(23)29(24)4/h6,9-10,15-16H,5,7-8,11-14,26H2,1-4H3,(H,27,31). The molecule has 3 N–H and O–H groups in total. The van der Waals surface area contributed by atoms with Crippen molar-refractivity contribution in [1.29, 1.82) is 0 Å². The summed E-state index contributed by atoms with van der Waals surface area (Å²) >= 11 is 0. The van der Waals surface area contributed by atoms with Crippen LogP contribution in [0.2, 0.25) is 0 Å². The van der Waals surface area contributed by atoms with Gasteiger partial charge in [0.25, 0.3) is 5.91 Å². The lowest BCUT2D eigenvalue weighted by Crippen LogP contribution is -2.30. The van der Waals surface area contributed by atoms with Crippen molar-refractivity contribution < 1.29 is 19.1 Å². The number of nitrogens with zero attached hydrogens (tertiary/aromatic N) is 2. The molecule has 0 unspecified atom stereocenters. The minimum absolute atomic E-state index is 0.185. The van der Waals surface area contributed by atoms with E-state index in [2.05, 4.69) is 29.0 Å². The highest BCUT2D eigenvalue weighted by Gasteiger charge is 2.19. The SMILES string of the molecule is CCCOC(=O)CCOc1cc(CCCN(C)C)c2c(c1)c1c(C(=O)NN)cccc1n2C. The summed E-state index contributed by atoms with van der Waals surface area (Å²) in [6, 6.07) is 9.61. The number of ether oxygens (including phenoxy) is 2. The van der Waals surface area contributed by atoms with E-state index >= 15 is 0 Å². The summed E-state index contributed by atoms with van der Waals surface area (Å²) in [6.07, 6.45) is 2.81. The maximum Gasteiger partial charge on any atom is 0.309 e. The first-order valence-electron chi connectivity index (χ1n) is 11.4. The summed E-state index contributed by atoms with van der Waals surface area (Å²) in [4.78, 5) is 26.5. The number of rotatable bonds is 11. The lowest BCUT2D eigenvalue weighted by molar-refractivity contribution is -0.144.